The Balaban J connectivity index is 0.989. The number of rotatable bonds is 10. The van der Waals surface area contributed by atoms with Gasteiger partial charge in [0.25, 0.3) is 0 Å². The van der Waals surface area contributed by atoms with Gasteiger partial charge in [0.2, 0.25) is 0 Å². The van der Waals surface area contributed by atoms with E-state index in [0.29, 0.717) is 0 Å². The lowest BCUT2D eigenvalue weighted by molar-refractivity contribution is 1.29. The number of hydrogen-bond donors (Lipinski definition) is 0. The fourth-order valence-corrected chi connectivity index (χ4v) is 9.15. The minimum absolute atomic E-state index is 1.11. The van der Waals surface area contributed by atoms with Crippen LogP contribution in [0.4, 0.5) is 34.1 Å². The molecule has 0 saturated heterocycles. The molecule has 0 saturated carbocycles. The minimum atomic E-state index is 1.11. The molecule has 0 aliphatic carbocycles. The van der Waals surface area contributed by atoms with E-state index in [1.165, 1.54) is 60.1 Å². The topological polar surface area (TPSA) is 6.48 Å². The first-order chi connectivity index (χ1) is 31.7. The van der Waals surface area contributed by atoms with Crippen LogP contribution in [0.5, 0.6) is 0 Å². The Morgan fingerprint density at radius 3 is 1.22 bits per heavy atom. The number of anilines is 6. The van der Waals surface area contributed by atoms with Crippen LogP contribution in [0.2, 0.25) is 0 Å². The van der Waals surface area contributed by atoms with Crippen molar-refractivity contribution < 1.29 is 0 Å². The first-order valence-electron chi connectivity index (χ1n) is 21.9. The van der Waals surface area contributed by atoms with Crippen LogP contribution < -0.4 is 9.80 Å². The van der Waals surface area contributed by atoms with Gasteiger partial charge < -0.3 is 9.80 Å². The van der Waals surface area contributed by atoms with Gasteiger partial charge in [0, 0.05) is 39.2 Å². The number of fused-ring (bicyclic) bond motifs is 3. The first kappa shape index (κ1) is 38.5. The first-order valence-corrected chi connectivity index (χ1v) is 21.9. The largest absolute Gasteiger partial charge is 0.310 e. The molecule has 0 N–H and O–H groups in total. The second-order valence-electron chi connectivity index (χ2n) is 16.2. The summed E-state index contributed by atoms with van der Waals surface area (Å²) in [5, 5.41) is 7.17. The van der Waals surface area contributed by atoms with Crippen molar-refractivity contribution in [2.24, 2.45) is 0 Å². The molecule has 0 unspecified atom stereocenters. The van der Waals surface area contributed by atoms with Crippen LogP contribution in [-0.2, 0) is 0 Å². The molecule has 0 aliphatic heterocycles. The van der Waals surface area contributed by atoms with Gasteiger partial charge in [-0.05, 0) is 122 Å². The summed E-state index contributed by atoms with van der Waals surface area (Å²) >= 11 is 0. The molecule has 64 heavy (non-hydrogen) atoms. The van der Waals surface area contributed by atoms with Crippen molar-refractivity contribution >= 4 is 78.6 Å². The summed E-state index contributed by atoms with van der Waals surface area (Å²) in [5.74, 6) is 0. The van der Waals surface area contributed by atoms with Crippen LogP contribution in [0.15, 0.2) is 255 Å². The molecule has 11 rings (SSSR count). The number of para-hydroxylation sites is 2. The van der Waals surface area contributed by atoms with Crippen LogP contribution in [0.1, 0.15) is 11.1 Å². The Hall–Kier alpha value is -8.46. The van der Waals surface area contributed by atoms with Crippen LogP contribution in [-0.4, -0.2) is 0 Å². The second-order valence-corrected chi connectivity index (χ2v) is 16.2. The molecule has 11 aromatic carbocycles. The van der Waals surface area contributed by atoms with Crippen molar-refractivity contribution in [3.05, 3.63) is 266 Å². The molecule has 0 aliphatic rings. The van der Waals surface area contributed by atoms with Gasteiger partial charge >= 0.3 is 0 Å². The third-order valence-electron chi connectivity index (χ3n) is 12.2. The van der Waals surface area contributed by atoms with Gasteiger partial charge in [0.05, 0.1) is 5.69 Å². The molecule has 0 radical (unpaired) electrons. The van der Waals surface area contributed by atoms with Gasteiger partial charge in [0.1, 0.15) is 0 Å². The zero-order valence-corrected chi connectivity index (χ0v) is 35.3. The van der Waals surface area contributed by atoms with Gasteiger partial charge in [-0.2, -0.15) is 0 Å². The fraction of sp³-hybridized carbons (Fsp3) is 0. The van der Waals surface area contributed by atoms with E-state index in [2.05, 4.69) is 277 Å². The van der Waals surface area contributed by atoms with E-state index in [1.807, 2.05) is 0 Å². The van der Waals surface area contributed by atoms with Gasteiger partial charge in [-0.15, -0.1) is 0 Å². The molecule has 0 spiro atoms. The molecular formula is C62H44N2. The maximum Gasteiger partial charge on any atom is 0.0618 e. The summed E-state index contributed by atoms with van der Waals surface area (Å²) in [6.45, 7) is 0. The van der Waals surface area contributed by atoms with E-state index < -0.39 is 0 Å². The Kier molecular flexibility index (Phi) is 10.3. The van der Waals surface area contributed by atoms with Crippen molar-refractivity contribution in [2.45, 2.75) is 0 Å². The predicted molar refractivity (Wildman–Crippen MR) is 275 cm³/mol. The number of nitrogens with zero attached hydrogens (tertiary/aromatic N) is 2. The Morgan fingerprint density at radius 2 is 0.656 bits per heavy atom. The van der Waals surface area contributed by atoms with Gasteiger partial charge in [-0.3, -0.25) is 0 Å². The van der Waals surface area contributed by atoms with Crippen LogP contribution in [0.3, 0.4) is 0 Å². The van der Waals surface area contributed by atoms with Gasteiger partial charge in [-0.1, -0.05) is 200 Å². The van der Waals surface area contributed by atoms with E-state index in [-0.39, 0.29) is 0 Å². The highest BCUT2D eigenvalue weighted by Gasteiger charge is 2.21. The summed E-state index contributed by atoms with van der Waals surface area (Å²) in [7, 11) is 0. The summed E-state index contributed by atoms with van der Waals surface area (Å²) in [6, 6.07) is 91.6. The third kappa shape index (κ3) is 7.48. The molecular weight excluding hydrogens is 773 g/mol. The Labute approximate surface area is 374 Å². The molecule has 0 amide bonds. The zero-order valence-electron chi connectivity index (χ0n) is 35.3. The average molecular weight is 817 g/mol. The maximum absolute atomic E-state index is 2.43. The van der Waals surface area contributed by atoms with E-state index in [0.717, 1.165) is 39.7 Å². The summed E-state index contributed by atoms with van der Waals surface area (Å²) in [6.07, 6.45) is 4.58. The van der Waals surface area contributed by atoms with Gasteiger partial charge in [0.15, 0.2) is 0 Å². The highest BCUT2D eigenvalue weighted by molar-refractivity contribution is 6.19. The molecule has 0 bridgehead atoms. The predicted octanol–water partition coefficient (Wildman–Crippen LogP) is 17.6. The van der Waals surface area contributed by atoms with Crippen molar-refractivity contribution in [1.82, 2.24) is 0 Å². The zero-order chi connectivity index (χ0) is 42.7. The van der Waals surface area contributed by atoms with Gasteiger partial charge in [-0.25, -0.2) is 0 Å². The smallest absolute Gasteiger partial charge is 0.0618 e. The minimum Gasteiger partial charge on any atom is -0.310 e. The van der Waals surface area contributed by atoms with E-state index in [9.17, 15) is 0 Å². The van der Waals surface area contributed by atoms with E-state index in [1.54, 1.807) is 0 Å². The molecule has 11 aromatic rings. The normalized spacial score (nSPS) is 11.4. The fourth-order valence-electron chi connectivity index (χ4n) is 9.15. The van der Waals surface area contributed by atoms with E-state index >= 15 is 0 Å². The Morgan fingerprint density at radius 1 is 0.250 bits per heavy atom. The van der Waals surface area contributed by atoms with Crippen LogP contribution >= 0.6 is 0 Å². The molecule has 0 fully saturated rings. The summed E-state index contributed by atoms with van der Waals surface area (Å²) in [5.41, 5.74) is 13.8. The van der Waals surface area contributed by atoms with Crippen molar-refractivity contribution in [3.8, 4) is 22.3 Å². The Bertz CT molecular complexity index is 3380. The van der Waals surface area contributed by atoms with Crippen molar-refractivity contribution in [1.29, 1.82) is 0 Å². The van der Waals surface area contributed by atoms with Crippen LogP contribution in [0.25, 0.3) is 66.7 Å². The molecule has 302 valence electrons. The van der Waals surface area contributed by atoms with Crippen molar-refractivity contribution in [2.75, 3.05) is 9.80 Å². The molecule has 2 heteroatoms. The lowest BCUT2D eigenvalue weighted by Crippen LogP contribution is -2.11. The lowest BCUT2D eigenvalue weighted by atomic mass is 9.92. The second kappa shape index (κ2) is 17.1. The number of hydrogen-bond acceptors (Lipinski definition) is 2. The highest BCUT2D eigenvalue weighted by atomic mass is 15.1. The average Bonchev–Trinajstić information content (AvgIpc) is 3.37. The standard InChI is InChI=1S/C62H44N2/c1-5-19-46(20-6-1)48-23-17-29-54(42-48)63(52-25-9-3-10-26-52)56-39-38-50-41-45(35-37-51(50)44-56)36-40-59-57-31-13-15-33-60(57)62(61-34-16-14-32-58(59)61)64(53-27-11-4-12-28-53)55-30-18-24-49(43-55)47-21-7-2-8-22-47/h1-44H/b40-36+. The monoisotopic (exact) mass is 816 g/mol. The molecule has 0 atom stereocenters. The molecule has 0 aromatic heterocycles. The lowest BCUT2D eigenvalue weighted by Gasteiger charge is -2.29. The quantitative estimate of drug-likeness (QED) is 0.100. The maximum atomic E-state index is 2.43. The molecule has 2 nitrogen and oxygen atoms in total. The summed E-state index contributed by atoms with van der Waals surface area (Å²) < 4.78 is 0. The summed E-state index contributed by atoms with van der Waals surface area (Å²) in [4.78, 5) is 4.78. The van der Waals surface area contributed by atoms with E-state index in [4.69, 9.17) is 0 Å². The third-order valence-corrected chi connectivity index (χ3v) is 12.2. The molecule has 0 heterocycles. The highest BCUT2D eigenvalue weighted by Crippen LogP contribution is 2.46. The SMILES string of the molecule is C(=C\c1c2ccccc2c(N(c2ccccc2)c2cccc(-c3ccccc3)c2)c2ccccc12)/c1ccc2cc(N(c3ccccc3)c3cccc(-c4ccccc4)c3)ccc2c1. The van der Waals surface area contributed by atoms with Crippen molar-refractivity contribution in [3.63, 3.8) is 0 Å². The van der Waals surface area contributed by atoms with Crippen LogP contribution in [0, 0.1) is 0 Å². The number of benzene rings is 11.